The Morgan fingerprint density at radius 3 is 2.14 bits per heavy atom. The molecule has 0 aliphatic heterocycles. The van der Waals surface area contributed by atoms with Crippen LogP contribution in [0, 0.1) is 0 Å². The number of pyridine rings is 1. The predicted molar refractivity (Wildman–Crippen MR) is 90.5 cm³/mol. The van der Waals surface area contributed by atoms with Crippen LogP contribution in [0.3, 0.4) is 0 Å². The molecule has 0 unspecified atom stereocenters. The average Bonchev–Trinajstić information content (AvgIpc) is 2.38. The fraction of sp³-hybridized carbons (Fsp3) is 0. The summed E-state index contributed by atoms with van der Waals surface area (Å²) < 4.78 is 23.5. The van der Waals surface area contributed by atoms with E-state index in [2.05, 4.69) is 47.1 Å². The molecular weight excluding hydrogens is 440 g/mol. The number of nitrogen functional groups attached to an aromatic ring is 2. The third-order valence-electron chi connectivity index (χ3n) is 2.50. The second-order valence-electron chi connectivity index (χ2n) is 4.12. The molecule has 0 bridgehead atoms. The number of benzene rings is 1. The molecule has 0 saturated carbocycles. The zero-order valence-electron chi connectivity index (χ0n) is 10.9. The Labute approximate surface area is 143 Å². The number of hydrogen-bond donors (Lipinski definition) is 3. The fourth-order valence-corrected chi connectivity index (χ4v) is 3.69. The molecule has 0 aliphatic carbocycles. The topological polar surface area (TPSA) is 150 Å². The third kappa shape index (κ3) is 3.80. The number of nitrogens with zero attached hydrogens (tertiary/aromatic N) is 3. The highest BCUT2D eigenvalue weighted by molar-refractivity contribution is 9.11. The third-order valence-corrected chi connectivity index (χ3v) is 4.60. The fourth-order valence-electron chi connectivity index (χ4n) is 1.47. The minimum Gasteiger partial charge on any atom is -0.384 e. The summed E-state index contributed by atoms with van der Waals surface area (Å²) >= 11 is 6.45. The molecule has 2 aromatic rings. The van der Waals surface area contributed by atoms with Gasteiger partial charge in [-0.3, -0.25) is 0 Å². The number of halogens is 2. The zero-order chi connectivity index (χ0) is 16.5. The van der Waals surface area contributed by atoms with E-state index in [1.165, 1.54) is 12.1 Å². The molecule has 0 atom stereocenters. The molecule has 6 N–H and O–H groups in total. The van der Waals surface area contributed by atoms with E-state index in [9.17, 15) is 8.42 Å². The van der Waals surface area contributed by atoms with Crippen molar-refractivity contribution < 1.29 is 8.42 Å². The number of hydrogen-bond acceptors (Lipinski definition) is 7. The normalized spacial score (nSPS) is 12.0. The van der Waals surface area contributed by atoms with E-state index in [0.717, 1.165) is 0 Å². The van der Waals surface area contributed by atoms with E-state index >= 15 is 0 Å². The number of nitrogens with two attached hydrogens (primary N) is 3. The Balaban J connectivity index is 2.44. The van der Waals surface area contributed by atoms with Gasteiger partial charge in [0.15, 0.2) is 5.82 Å². The van der Waals surface area contributed by atoms with Crippen LogP contribution in [0.4, 0.5) is 23.0 Å². The Hall–Kier alpha value is -1.56. The van der Waals surface area contributed by atoms with Crippen molar-refractivity contribution in [2.24, 2.45) is 15.4 Å². The molecule has 8 nitrogen and oxygen atoms in total. The number of sulfonamides is 1. The molecule has 1 heterocycles. The van der Waals surface area contributed by atoms with Crippen LogP contribution in [0.2, 0.25) is 0 Å². The highest BCUT2D eigenvalue weighted by Crippen LogP contribution is 2.37. The summed E-state index contributed by atoms with van der Waals surface area (Å²) in [5.74, 6) is 0.411. The number of anilines is 2. The summed E-state index contributed by atoms with van der Waals surface area (Å²) in [6.07, 6.45) is 0. The molecule has 0 amide bonds. The molecule has 116 valence electrons. The Kier molecular flexibility index (Phi) is 4.80. The van der Waals surface area contributed by atoms with E-state index in [0.29, 0.717) is 20.3 Å². The minimum absolute atomic E-state index is 0.0566. The van der Waals surface area contributed by atoms with Crippen LogP contribution < -0.4 is 16.6 Å². The number of rotatable bonds is 3. The average molecular weight is 450 g/mol. The van der Waals surface area contributed by atoms with Crippen molar-refractivity contribution in [3.8, 4) is 0 Å². The van der Waals surface area contributed by atoms with E-state index in [1.807, 2.05) is 0 Å². The van der Waals surface area contributed by atoms with Crippen LogP contribution >= 0.6 is 31.9 Å². The van der Waals surface area contributed by atoms with Crippen LogP contribution in [0.1, 0.15) is 0 Å². The van der Waals surface area contributed by atoms with Crippen LogP contribution in [-0.4, -0.2) is 13.4 Å². The molecule has 1 aromatic carbocycles. The minimum atomic E-state index is -3.82. The standard InChI is InChI=1S/C11H10Br2N6O2S/c12-6-3-5(22(16,20)21)4-7(13)10(6)19-18-8-1-2-9(14)17-11(8)15/h1-4H,(H4,14,15,17)(H2,16,20,21). The van der Waals surface area contributed by atoms with Gasteiger partial charge in [-0.15, -0.1) is 10.2 Å². The van der Waals surface area contributed by atoms with E-state index < -0.39 is 10.0 Å². The zero-order valence-corrected chi connectivity index (χ0v) is 14.9. The van der Waals surface area contributed by atoms with Gasteiger partial charge in [0.25, 0.3) is 0 Å². The predicted octanol–water partition coefficient (Wildman–Crippen LogP) is 2.83. The van der Waals surface area contributed by atoms with E-state index in [-0.39, 0.29) is 16.5 Å². The lowest BCUT2D eigenvalue weighted by Gasteiger charge is -2.05. The maximum Gasteiger partial charge on any atom is 0.238 e. The van der Waals surface area contributed by atoms with Crippen molar-refractivity contribution in [1.82, 2.24) is 4.98 Å². The van der Waals surface area contributed by atoms with Crippen molar-refractivity contribution >= 4 is 64.9 Å². The van der Waals surface area contributed by atoms with Gasteiger partial charge in [-0.1, -0.05) is 0 Å². The molecule has 11 heteroatoms. The molecule has 0 spiro atoms. The van der Waals surface area contributed by atoms with Crippen molar-refractivity contribution in [3.05, 3.63) is 33.2 Å². The van der Waals surface area contributed by atoms with Gasteiger partial charge in [-0.25, -0.2) is 18.5 Å². The molecule has 2 rings (SSSR count). The number of primary sulfonamides is 1. The van der Waals surface area contributed by atoms with Crippen molar-refractivity contribution in [1.29, 1.82) is 0 Å². The van der Waals surface area contributed by atoms with Gasteiger partial charge < -0.3 is 11.5 Å². The quantitative estimate of drug-likeness (QED) is 0.615. The summed E-state index contributed by atoms with van der Waals surface area (Å²) in [4.78, 5) is 3.80. The van der Waals surface area contributed by atoms with E-state index in [4.69, 9.17) is 16.6 Å². The van der Waals surface area contributed by atoms with Gasteiger partial charge >= 0.3 is 0 Å². The van der Waals surface area contributed by atoms with Gasteiger partial charge in [-0.2, -0.15) is 0 Å². The summed E-state index contributed by atoms with van der Waals surface area (Å²) in [6.45, 7) is 0. The summed E-state index contributed by atoms with van der Waals surface area (Å²) in [5, 5.41) is 13.1. The van der Waals surface area contributed by atoms with Gasteiger partial charge in [0.1, 0.15) is 17.2 Å². The second-order valence-corrected chi connectivity index (χ2v) is 7.39. The molecule has 0 aliphatic rings. The summed E-state index contributed by atoms with van der Waals surface area (Å²) in [5.41, 5.74) is 11.9. The Bertz CT molecular complexity index is 846. The van der Waals surface area contributed by atoms with E-state index in [1.54, 1.807) is 12.1 Å². The van der Waals surface area contributed by atoms with Gasteiger partial charge in [0, 0.05) is 8.95 Å². The molecular formula is C11H10Br2N6O2S. The molecule has 0 fully saturated rings. The lowest BCUT2D eigenvalue weighted by atomic mass is 10.3. The lowest BCUT2D eigenvalue weighted by Crippen LogP contribution is -2.12. The van der Waals surface area contributed by atoms with Crippen molar-refractivity contribution in [3.63, 3.8) is 0 Å². The molecule has 0 radical (unpaired) electrons. The Morgan fingerprint density at radius 2 is 1.64 bits per heavy atom. The van der Waals surface area contributed by atoms with Gasteiger partial charge in [0.2, 0.25) is 10.0 Å². The van der Waals surface area contributed by atoms with Gasteiger partial charge in [-0.05, 0) is 56.1 Å². The molecule has 22 heavy (non-hydrogen) atoms. The first-order valence-corrected chi connectivity index (χ1v) is 8.77. The highest BCUT2D eigenvalue weighted by atomic mass is 79.9. The molecule has 0 saturated heterocycles. The maximum absolute atomic E-state index is 11.3. The monoisotopic (exact) mass is 448 g/mol. The first kappa shape index (κ1) is 16.8. The second kappa shape index (κ2) is 6.28. The van der Waals surface area contributed by atoms with Crippen LogP contribution in [0.25, 0.3) is 0 Å². The smallest absolute Gasteiger partial charge is 0.238 e. The summed E-state index contributed by atoms with van der Waals surface area (Å²) in [6, 6.07) is 5.78. The Morgan fingerprint density at radius 1 is 1.05 bits per heavy atom. The van der Waals surface area contributed by atoms with Crippen LogP contribution in [-0.2, 0) is 10.0 Å². The van der Waals surface area contributed by atoms with Crippen LogP contribution in [0.5, 0.6) is 0 Å². The van der Waals surface area contributed by atoms with Crippen molar-refractivity contribution in [2.75, 3.05) is 11.5 Å². The number of aromatic nitrogens is 1. The number of azo groups is 1. The highest BCUT2D eigenvalue weighted by Gasteiger charge is 2.14. The SMILES string of the molecule is Nc1ccc(N=Nc2c(Br)cc(S(N)(=O)=O)cc2Br)c(N)n1. The molecule has 1 aromatic heterocycles. The largest absolute Gasteiger partial charge is 0.384 e. The van der Waals surface area contributed by atoms with Gasteiger partial charge in [0.05, 0.1) is 4.90 Å². The lowest BCUT2D eigenvalue weighted by molar-refractivity contribution is 0.597. The summed E-state index contributed by atoms with van der Waals surface area (Å²) in [7, 11) is -3.82. The van der Waals surface area contributed by atoms with Crippen LogP contribution in [0.15, 0.2) is 48.3 Å². The van der Waals surface area contributed by atoms with Crippen molar-refractivity contribution in [2.45, 2.75) is 4.90 Å². The first-order valence-electron chi connectivity index (χ1n) is 5.64. The maximum atomic E-state index is 11.3. The first-order chi connectivity index (χ1) is 10.2.